The van der Waals surface area contributed by atoms with Crippen LogP contribution in [-0.2, 0) is 9.05 Å². The van der Waals surface area contributed by atoms with Gasteiger partial charge in [0.05, 0.1) is 15.6 Å². The van der Waals surface area contributed by atoms with Crippen molar-refractivity contribution >= 4 is 42.9 Å². The van der Waals surface area contributed by atoms with E-state index in [4.69, 9.17) is 39.1 Å². The van der Waals surface area contributed by atoms with Gasteiger partial charge in [-0.05, 0) is 12.1 Å². The van der Waals surface area contributed by atoms with Gasteiger partial charge in [-0.1, -0.05) is 23.2 Å². The zero-order valence-corrected chi connectivity index (χ0v) is 9.54. The van der Waals surface area contributed by atoms with Crippen LogP contribution in [0.2, 0.25) is 10.0 Å². The molecule has 1 rings (SSSR count). The topological polar surface area (TPSA) is 57.9 Å². The van der Waals surface area contributed by atoms with Crippen molar-refractivity contribution in [2.24, 2.45) is 0 Å². The Morgan fingerprint density at radius 1 is 1.21 bits per heavy atom. The molecule has 1 aromatic rings. The molecule has 74 valence electrons. The molecule has 3 nitrogen and oxygen atoms in total. The molecule has 0 radical (unpaired) electrons. The average Bonchev–Trinajstić information content (AvgIpc) is 2.02. The predicted octanol–water partition coefficient (Wildman–Crippen LogP) is 2.79. The second-order valence-corrected chi connectivity index (χ2v) is 5.66. The Balaban J connectivity index is 3.58. The second kappa shape index (κ2) is 3.95. The van der Waals surface area contributed by atoms with Gasteiger partial charge in [-0.3, -0.25) is 0 Å². The summed E-state index contributed by atoms with van der Waals surface area (Å²) in [6.45, 7) is 0. The van der Waals surface area contributed by atoms with Gasteiger partial charge in [-0.2, -0.15) is 5.26 Å². The van der Waals surface area contributed by atoms with Crippen LogP contribution < -0.4 is 0 Å². The number of rotatable bonds is 1. The van der Waals surface area contributed by atoms with Crippen LogP contribution in [0.25, 0.3) is 0 Å². The number of benzene rings is 1. The number of hydrogen-bond acceptors (Lipinski definition) is 3. The summed E-state index contributed by atoms with van der Waals surface area (Å²) in [6, 6.07) is 3.92. The van der Waals surface area contributed by atoms with Crippen molar-refractivity contribution in [3.05, 3.63) is 27.7 Å². The smallest absolute Gasteiger partial charge is 0.207 e. The van der Waals surface area contributed by atoms with E-state index >= 15 is 0 Å². The Morgan fingerprint density at radius 3 is 2.21 bits per heavy atom. The molecule has 1 aromatic carbocycles. The third-order valence-corrected chi connectivity index (χ3v) is 3.50. The quantitative estimate of drug-likeness (QED) is 0.737. The number of nitrogens with zero attached hydrogens (tertiary/aromatic N) is 1. The first kappa shape index (κ1) is 11.6. The maximum atomic E-state index is 11.0. The third-order valence-electron chi connectivity index (χ3n) is 1.40. The van der Waals surface area contributed by atoms with Crippen molar-refractivity contribution in [2.45, 2.75) is 4.90 Å². The lowest BCUT2D eigenvalue weighted by molar-refractivity contribution is 0.609. The molecular formula is C7H2Cl3NO2S. The highest BCUT2D eigenvalue weighted by atomic mass is 35.7. The summed E-state index contributed by atoms with van der Waals surface area (Å²) < 4.78 is 21.9. The van der Waals surface area contributed by atoms with E-state index in [1.807, 2.05) is 0 Å². The number of nitriles is 1. The van der Waals surface area contributed by atoms with Crippen molar-refractivity contribution in [3.8, 4) is 6.07 Å². The minimum absolute atomic E-state index is 0.00953. The molecule has 0 atom stereocenters. The van der Waals surface area contributed by atoms with Gasteiger partial charge in [0.15, 0.2) is 0 Å². The van der Waals surface area contributed by atoms with Crippen molar-refractivity contribution in [1.82, 2.24) is 0 Å². The van der Waals surface area contributed by atoms with Crippen LogP contribution in [0.4, 0.5) is 0 Å². The van der Waals surface area contributed by atoms with Gasteiger partial charge in [0.1, 0.15) is 11.0 Å². The Hall–Kier alpha value is -0.470. The van der Waals surface area contributed by atoms with Crippen LogP contribution in [0.5, 0.6) is 0 Å². The Bertz CT molecular complexity index is 518. The van der Waals surface area contributed by atoms with Crippen LogP contribution in [0.15, 0.2) is 17.0 Å². The molecule has 0 amide bonds. The molecule has 0 saturated heterocycles. The highest BCUT2D eigenvalue weighted by Gasteiger charge is 2.17. The van der Waals surface area contributed by atoms with E-state index in [0.717, 1.165) is 12.1 Å². The fourth-order valence-corrected chi connectivity index (χ4v) is 2.58. The molecule has 0 saturated carbocycles. The minimum atomic E-state index is -3.95. The SMILES string of the molecule is N#Cc1cc(S(=O)(=O)Cl)c(Cl)cc1Cl. The average molecular weight is 271 g/mol. The lowest BCUT2D eigenvalue weighted by Crippen LogP contribution is -1.93. The summed E-state index contributed by atoms with van der Waals surface area (Å²) >= 11 is 11.2. The van der Waals surface area contributed by atoms with E-state index in [2.05, 4.69) is 0 Å². The highest BCUT2D eigenvalue weighted by molar-refractivity contribution is 8.13. The van der Waals surface area contributed by atoms with Crippen molar-refractivity contribution in [2.75, 3.05) is 0 Å². The standard InChI is InChI=1S/C7H2Cl3NO2S/c8-5-2-6(9)7(14(10,12)13)1-4(5)3-11/h1-2H. The van der Waals surface area contributed by atoms with Gasteiger partial charge in [-0.15, -0.1) is 0 Å². The van der Waals surface area contributed by atoms with Gasteiger partial charge in [0.25, 0.3) is 9.05 Å². The Morgan fingerprint density at radius 2 is 1.79 bits per heavy atom. The fourth-order valence-electron chi connectivity index (χ4n) is 0.802. The predicted molar refractivity (Wildman–Crippen MR) is 54.2 cm³/mol. The van der Waals surface area contributed by atoms with Crippen LogP contribution in [0, 0.1) is 11.3 Å². The molecule has 0 aliphatic rings. The van der Waals surface area contributed by atoms with Gasteiger partial charge >= 0.3 is 0 Å². The molecule has 0 heterocycles. The second-order valence-electron chi connectivity index (χ2n) is 2.31. The van der Waals surface area contributed by atoms with E-state index < -0.39 is 9.05 Å². The van der Waals surface area contributed by atoms with Crippen LogP contribution in [0.1, 0.15) is 5.56 Å². The van der Waals surface area contributed by atoms with Gasteiger partial charge < -0.3 is 0 Å². The molecule has 14 heavy (non-hydrogen) atoms. The molecule has 0 bridgehead atoms. The lowest BCUT2D eigenvalue weighted by Gasteiger charge is -2.01. The monoisotopic (exact) mass is 269 g/mol. The summed E-state index contributed by atoms with van der Waals surface area (Å²) in [7, 11) is 1.13. The normalized spacial score (nSPS) is 11.0. The first-order valence-corrected chi connectivity index (χ1v) is 6.26. The minimum Gasteiger partial charge on any atom is -0.207 e. The fraction of sp³-hybridized carbons (Fsp3) is 0. The summed E-state index contributed by atoms with van der Waals surface area (Å²) in [5, 5.41) is 8.56. The molecule has 0 aliphatic carbocycles. The maximum absolute atomic E-state index is 11.0. The molecule has 0 unspecified atom stereocenters. The maximum Gasteiger partial charge on any atom is 0.262 e. The zero-order chi connectivity index (χ0) is 10.9. The van der Waals surface area contributed by atoms with E-state index in [0.29, 0.717) is 0 Å². The lowest BCUT2D eigenvalue weighted by atomic mass is 10.2. The van der Waals surface area contributed by atoms with Crippen molar-refractivity contribution < 1.29 is 8.42 Å². The summed E-state index contributed by atoms with van der Waals surface area (Å²) in [5.41, 5.74) is 0.00953. The van der Waals surface area contributed by atoms with Crippen LogP contribution >= 0.6 is 33.9 Å². The van der Waals surface area contributed by atoms with E-state index in [-0.39, 0.29) is 20.5 Å². The van der Waals surface area contributed by atoms with Crippen molar-refractivity contribution in [3.63, 3.8) is 0 Å². The molecule has 0 spiro atoms. The molecule has 0 aliphatic heterocycles. The third kappa shape index (κ3) is 2.31. The van der Waals surface area contributed by atoms with Crippen molar-refractivity contribution in [1.29, 1.82) is 5.26 Å². The van der Waals surface area contributed by atoms with Crippen LogP contribution in [0.3, 0.4) is 0 Å². The summed E-state index contributed by atoms with van der Waals surface area (Å²) in [4.78, 5) is -0.318. The van der Waals surface area contributed by atoms with Gasteiger partial charge in [-0.25, -0.2) is 8.42 Å². The first-order chi connectivity index (χ1) is 6.36. The highest BCUT2D eigenvalue weighted by Crippen LogP contribution is 2.30. The van der Waals surface area contributed by atoms with Gasteiger partial charge in [0.2, 0.25) is 0 Å². The summed E-state index contributed by atoms with van der Waals surface area (Å²) in [5.74, 6) is 0. The summed E-state index contributed by atoms with van der Waals surface area (Å²) in [6.07, 6.45) is 0. The Kier molecular flexibility index (Phi) is 3.28. The number of hydrogen-bond donors (Lipinski definition) is 0. The van der Waals surface area contributed by atoms with Gasteiger partial charge in [0, 0.05) is 10.7 Å². The zero-order valence-electron chi connectivity index (χ0n) is 6.46. The molecule has 0 N–H and O–H groups in total. The number of halogens is 3. The van der Waals surface area contributed by atoms with E-state index in [9.17, 15) is 8.42 Å². The Labute approximate surface area is 95.2 Å². The molecule has 0 aromatic heterocycles. The molecule has 0 fully saturated rings. The molecular weight excluding hydrogens is 269 g/mol. The molecule has 7 heteroatoms. The van der Waals surface area contributed by atoms with Crippen LogP contribution in [-0.4, -0.2) is 8.42 Å². The largest absolute Gasteiger partial charge is 0.262 e. The van der Waals surface area contributed by atoms with E-state index in [1.165, 1.54) is 0 Å². The van der Waals surface area contributed by atoms with E-state index in [1.54, 1.807) is 6.07 Å². The first-order valence-electron chi connectivity index (χ1n) is 3.20.